The maximum absolute atomic E-state index is 5.77. The van der Waals surface area contributed by atoms with Crippen molar-refractivity contribution < 1.29 is 4.74 Å². The summed E-state index contributed by atoms with van der Waals surface area (Å²) in [7, 11) is 0. The fraction of sp³-hybridized carbons (Fsp3) is 0.750. The molecule has 0 radical (unpaired) electrons. The van der Waals surface area contributed by atoms with Gasteiger partial charge in [-0.1, -0.05) is 47.0 Å². The minimum absolute atomic E-state index is 0.306. The Labute approximate surface area is 123 Å². The smallest absolute Gasteiger partial charge is 0.218 e. The molecule has 1 aromatic heterocycles. The number of aromatic nitrogens is 2. The van der Waals surface area contributed by atoms with Gasteiger partial charge in [-0.05, 0) is 12.8 Å². The molecular formula is C16H29N3O. The van der Waals surface area contributed by atoms with Crippen molar-refractivity contribution in [1.82, 2.24) is 9.97 Å². The summed E-state index contributed by atoms with van der Waals surface area (Å²) in [6.07, 6.45) is 5.91. The molecule has 0 aliphatic carbocycles. The summed E-state index contributed by atoms with van der Waals surface area (Å²) in [6.45, 7) is 10.2. The highest BCUT2D eigenvalue weighted by Crippen LogP contribution is 2.19. The van der Waals surface area contributed by atoms with Crippen LogP contribution in [0.25, 0.3) is 0 Å². The van der Waals surface area contributed by atoms with E-state index < -0.39 is 0 Å². The van der Waals surface area contributed by atoms with Crippen LogP contribution in [0, 0.1) is 0 Å². The molecule has 0 fully saturated rings. The van der Waals surface area contributed by atoms with E-state index in [1.54, 1.807) is 0 Å². The van der Waals surface area contributed by atoms with E-state index >= 15 is 0 Å². The third-order valence-corrected chi connectivity index (χ3v) is 3.04. The predicted molar refractivity (Wildman–Crippen MR) is 84.5 cm³/mol. The van der Waals surface area contributed by atoms with Gasteiger partial charge in [0.1, 0.15) is 11.6 Å². The largest absolute Gasteiger partial charge is 0.478 e. The van der Waals surface area contributed by atoms with Crippen molar-refractivity contribution in [3.05, 3.63) is 11.9 Å². The van der Waals surface area contributed by atoms with Gasteiger partial charge >= 0.3 is 0 Å². The Morgan fingerprint density at radius 3 is 2.55 bits per heavy atom. The van der Waals surface area contributed by atoms with E-state index in [2.05, 4.69) is 43.0 Å². The number of nitrogens with one attached hydrogen (secondary N) is 1. The number of anilines is 1. The maximum Gasteiger partial charge on any atom is 0.218 e. The quantitative estimate of drug-likeness (QED) is 0.646. The normalized spacial score (nSPS) is 10.8. The Balaban J connectivity index is 2.60. The lowest BCUT2D eigenvalue weighted by atomic mass is 10.2. The van der Waals surface area contributed by atoms with Gasteiger partial charge in [-0.3, -0.25) is 0 Å². The molecule has 0 atom stereocenters. The number of ether oxygens (including phenoxy) is 1. The Morgan fingerprint density at radius 1 is 1.10 bits per heavy atom. The first-order valence-corrected chi connectivity index (χ1v) is 7.93. The summed E-state index contributed by atoms with van der Waals surface area (Å²) in [4.78, 5) is 9.01. The summed E-state index contributed by atoms with van der Waals surface area (Å²) in [5, 5.41) is 3.31. The zero-order valence-corrected chi connectivity index (χ0v) is 13.4. The minimum Gasteiger partial charge on any atom is -0.478 e. The molecule has 1 rings (SSSR count). The Morgan fingerprint density at radius 2 is 1.90 bits per heavy atom. The van der Waals surface area contributed by atoms with Crippen molar-refractivity contribution in [2.45, 2.75) is 65.7 Å². The summed E-state index contributed by atoms with van der Waals surface area (Å²) in [5.74, 6) is 2.71. The highest BCUT2D eigenvalue weighted by Gasteiger charge is 2.08. The predicted octanol–water partition coefficient (Wildman–Crippen LogP) is 4.38. The Hall–Kier alpha value is -1.32. The summed E-state index contributed by atoms with van der Waals surface area (Å²) < 4.78 is 5.77. The van der Waals surface area contributed by atoms with Crippen LogP contribution in [0.15, 0.2) is 6.07 Å². The molecule has 20 heavy (non-hydrogen) atoms. The number of hydrogen-bond donors (Lipinski definition) is 1. The molecule has 0 aliphatic rings. The third-order valence-electron chi connectivity index (χ3n) is 3.04. The van der Waals surface area contributed by atoms with Gasteiger partial charge in [-0.15, -0.1) is 0 Å². The Kier molecular flexibility index (Phi) is 8.00. The zero-order chi connectivity index (χ0) is 14.8. The molecule has 114 valence electrons. The van der Waals surface area contributed by atoms with E-state index in [9.17, 15) is 0 Å². The lowest BCUT2D eigenvalue weighted by Crippen LogP contribution is -2.08. The molecule has 1 N–H and O–H groups in total. The van der Waals surface area contributed by atoms with Gasteiger partial charge in [-0.2, -0.15) is 4.98 Å². The molecule has 0 saturated heterocycles. The summed E-state index contributed by atoms with van der Waals surface area (Å²) >= 11 is 0. The molecule has 0 bridgehead atoms. The van der Waals surface area contributed by atoms with Crippen molar-refractivity contribution in [1.29, 1.82) is 0 Å². The molecule has 1 heterocycles. The first-order chi connectivity index (χ1) is 9.67. The lowest BCUT2D eigenvalue weighted by molar-refractivity contribution is 0.292. The average Bonchev–Trinajstić information content (AvgIpc) is 2.44. The van der Waals surface area contributed by atoms with Gasteiger partial charge in [0, 0.05) is 18.5 Å². The fourth-order valence-corrected chi connectivity index (χ4v) is 1.82. The molecule has 0 amide bonds. The van der Waals surface area contributed by atoms with Gasteiger partial charge in [-0.25, -0.2) is 4.98 Å². The molecule has 0 aromatic carbocycles. The first-order valence-electron chi connectivity index (χ1n) is 7.93. The first kappa shape index (κ1) is 16.7. The summed E-state index contributed by atoms with van der Waals surface area (Å²) in [5.41, 5.74) is 0. The topological polar surface area (TPSA) is 47.0 Å². The van der Waals surface area contributed by atoms with Gasteiger partial charge in [0.2, 0.25) is 5.88 Å². The highest BCUT2D eigenvalue weighted by atomic mass is 16.5. The van der Waals surface area contributed by atoms with Crippen LogP contribution in [0.1, 0.15) is 71.5 Å². The number of unbranched alkanes of at least 4 members (excludes halogenated alkanes) is 3. The van der Waals surface area contributed by atoms with Crippen molar-refractivity contribution in [2.75, 3.05) is 18.5 Å². The third kappa shape index (κ3) is 6.22. The lowest BCUT2D eigenvalue weighted by Gasteiger charge is -2.12. The molecule has 0 spiro atoms. The Bertz CT molecular complexity index is 380. The highest BCUT2D eigenvalue weighted by molar-refractivity contribution is 5.38. The second-order valence-corrected chi connectivity index (χ2v) is 5.44. The monoisotopic (exact) mass is 279 g/mol. The fourth-order valence-electron chi connectivity index (χ4n) is 1.82. The second kappa shape index (κ2) is 9.56. The zero-order valence-electron chi connectivity index (χ0n) is 13.4. The molecule has 0 aliphatic heterocycles. The van der Waals surface area contributed by atoms with E-state index in [4.69, 9.17) is 4.74 Å². The number of rotatable bonds is 10. The summed E-state index contributed by atoms with van der Waals surface area (Å²) in [6, 6.07) is 1.90. The van der Waals surface area contributed by atoms with Gasteiger partial charge in [0.15, 0.2) is 0 Å². The van der Waals surface area contributed by atoms with Crippen LogP contribution in [-0.4, -0.2) is 23.1 Å². The van der Waals surface area contributed by atoms with Crippen LogP contribution in [0.4, 0.5) is 5.82 Å². The molecule has 4 heteroatoms. The van der Waals surface area contributed by atoms with Gasteiger partial charge in [0.05, 0.1) is 6.61 Å². The van der Waals surface area contributed by atoms with E-state index in [0.717, 1.165) is 37.6 Å². The maximum atomic E-state index is 5.77. The SMILES string of the molecule is CCCCCCOc1cc(NCCC)nc(C(C)C)n1. The van der Waals surface area contributed by atoms with Crippen LogP contribution in [0.5, 0.6) is 5.88 Å². The molecular weight excluding hydrogens is 250 g/mol. The van der Waals surface area contributed by atoms with Gasteiger partial charge in [0.25, 0.3) is 0 Å². The average molecular weight is 279 g/mol. The van der Waals surface area contributed by atoms with E-state index in [0.29, 0.717) is 11.8 Å². The van der Waals surface area contributed by atoms with Crippen molar-refractivity contribution in [3.8, 4) is 5.88 Å². The molecule has 1 aromatic rings. The van der Waals surface area contributed by atoms with Crippen LogP contribution in [-0.2, 0) is 0 Å². The minimum atomic E-state index is 0.306. The second-order valence-electron chi connectivity index (χ2n) is 5.44. The standard InChI is InChI=1S/C16H29N3O/c1-5-7-8-9-11-20-15-12-14(17-10-6-2)18-16(19-15)13(3)4/h12-13H,5-11H2,1-4H3,(H,17,18,19). The number of hydrogen-bond acceptors (Lipinski definition) is 4. The van der Waals surface area contributed by atoms with Crippen molar-refractivity contribution in [3.63, 3.8) is 0 Å². The van der Waals surface area contributed by atoms with E-state index in [-0.39, 0.29) is 0 Å². The van der Waals surface area contributed by atoms with Crippen LogP contribution in [0.2, 0.25) is 0 Å². The van der Waals surface area contributed by atoms with Crippen LogP contribution >= 0.6 is 0 Å². The number of nitrogens with zero attached hydrogens (tertiary/aromatic N) is 2. The van der Waals surface area contributed by atoms with Crippen molar-refractivity contribution >= 4 is 5.82 Å². The van der Waals surface area contributed by atoms with E-state index in [1.807, 2.05) is 6.07 Å². The van der Waals surface area contributed by atoms with Crippen LogP contribution in [0.3, 0.4) is 0 Å². The van der Waals surface area contributed by atoms with E-state index in [1.165, 1.54) is 19.3 Å². The molecule has 0 unspecified atom stereocenters. The van der Waals surface area contributed by atoms with Crippen LogP contribution < -0.4 is 10.1 Å². The van der Waals surface area contributed by atoms with Gasteiger partial charge < -0.3 is 10.1 Å². The molecule has 4 nitrogen and oxygen atoms in total. The molecule has 0 saturated carbocycles. The van der Waals surface area contributed by atoms with Crippen molar-refractivity contribution in [2.24, 2.45) is 0 Å².